The Labute approximate surface area is 139 Å². The van der Waals surface area contributed by atoms with Gasteiger partial charge in [0.2, 0.25) is 10.0 Å². The minimum atomic E-state index is -3.42. The summed E-state index contributed by atoms with van der Waals surface area (Å²) in [5, 5.41) is 3.78. The Balaban J connectivity index is 2.04. The van der Waals surface area contributed by atoms with Gasteiger partial charge >= 0.3 is 0 Å². The fourth-order valence-corrected chi connectivity index (χ4v) is 4.16. The molecule has 1 aromatic rings. The fraction of sp³-hybridized carbons (Fsp3) is 0.462. The number of hydrogen-bond acceptors (Lipinski definition) is 3. The first kappa shape index (κ1) is 16.7. The van der Waals surface area contributed by atoms with Gasteiger partial charge in [-0.3, -0.25) is 0 Å². The molecule has 1 saturated heterocycles. The van der Waals surface area contributed by atoms with E-state index in [0.717, 1.165) is 11.0 Å². The van der Waals surface area contributed by atoms with Crippen LogP contribution in [0.5, 0.6) is 0 Å². The van der Waals surface area contributed by atoms with Crippen molar-refractivity contribution in [2.75, 3.05) is 32.7 Å². The smallest absolute Gasteiger partial charge is 0.243 e. The Morgan fingerprint density at radius 1 is 1.24 bits per heavy atom. The summed E-state index contributed by atoms with van der Waals surface area (Å²) in [5.41, 5.74) is 0. The monoisotopic (exact) mass is 391 g/mol. The summed E-state index contributed by atoms with van der Waals surface area (Å²) >= 11 is 8.56. The molecular formula is C13H18BrN3O2S2. The van der Waals surface area contributed by atoms with Gasteiger partial charge in [-0.05, 0) is 43.4 Å². The normalized spacial score (nSPS) is 16.8. The lowest BCUT2D eigenvalue weighted by Crippen LogP contribution is -2.52. The van der Waals surface area contributed by atoms with Crippen LogP contribution in [0.25, 0.3) is 0 Å². The molecule has 0 saturated carbocycles. The average Bonchev–Trinajstić information content (AvgIpc) is 2.48. The SMILES string of the molecule is CCNC(=S)N1CCN(S(=O)(=O)c2ccc(Br)cc2)CC1. The van der Waals surface area contributed by atoms with E-state index in [1.54, 1.807) is 24.3 Å². The lowest BCUT2D eigenvalue weighted by molar-refractivity contribution is 0.264. The molecule has 5 nitrogen and oxygen atoms in total. The van der Waals surface area contributed by atoms with Crippen LogP contribution in [-0.4, -0.2) is 55.5 Å². The van der Waals surface area contributed by atoms with Gasteiger partial charge in [0.15, 0.2) is 5.11 Å². The summed E-state index contributed by atoms with van der Waals surface area (Å²) in [6.07, 6.45) is 0. The summed E-state index contributed by atoms with van der Waals surface area (Å²) in [4.78, 5) is 2.33. The van der Waals surface area contributed by atoms with Crippen LogP contribution in [0.3, 0.4) is 0 Å². The zero-order chi connectivity index (χ0) is 15.5. The molecule has 21 heavy (non-hydrogen) atoms. The highest BCUT2D eigenvalue weighted by molar-refractivity contribution is 9.10. The second kappa shape index (κ2) is 7.04. The van der Waals surface area contributed by atoms with E-state index >= 15 is 0 Å². The van der Waals surface area contributed by atoms with E-state index < -0.39 is 10.0 Å². The highest BCUT2D eigenvalue weighted by Gasteiger charge is 2.28. The Morgan fingerprint density at radius 3 is 2.33 bits per heavy atom. The van der Waals surface area contributed by atoms with Gasteiger partial charge in [0.1, 0.15) is 0 Å². The van der Waals surface area contributed by atoms with Gasteiger partial charge < -0.3 is 10.2 Å². The maximum absolute atomic E-state index is 12.5. The van der Waals surface area contributed by atoms with E-state index in [1.165, 1.54) is 4.31 Å². The van der Waals surface area contributed by atoms with Gasteiger partial charge in [0, 0.05) is 37.2 Å². The summed E-state index contributed by atoms with van der Waals surface area (Å²) in [5.74, 6) is 0. The number of sulfonamides is 1. The van der Waals surface area contributed by atoms with E-state index in [2.05, 4.69) is 21.2 Å². The van der Waals surface area contributed by atoms with E-state index in [9.17, 15) is 8.42 Å². The molecule has 0 radical (unpaired) electrons. The number of halogens is 1. The first-order chi connectivity index (χ1) is 9.95. The lowest BCUT2D eigenvalue weighted by Gasteiger charge is -2.35. The molecule has 1 aliphatic rings. The van der Waals surface area contributed by atoms with Crippen LogP contribution < -0.4 is 5.32 Å². The zero-order valence-corrected chi connectivity index (χ0v) is 15.0. The Bertz CT molecular complexity index is 596. The summed E-state index contributed by atoms with van der Waals surface area (Å²) in [6, 6.07) is 6.72. The second-order valence-corrected chi connectivity index (χ2v) is 7.92. The number of nitrogens with zero attached hydrogens (tertiary/aromatic N) is 2. The molecule has 0 amide bonds. The molecule has 2 rings (SSSR count). The number of hydrogen-bond donors (Lipinski definition) is 1. The maximum atomic E-state index is 12.5. The van der Waals surface area contributed by atoms with Crippen LogP contribution in [-0.2, 0) is 10.0 Å². The van der Waals surface area contributed by atoms with Crippen molar-refractivity contribution in [1.82, 2.24) is 14.5 Å². The molecule has 1 N–H and O–H groups in total. The molecule has 0 unspecified atom stereocenters. The van der Waals surface area contributed by atoms with Gasteiger partial charge in [-0.15, -0.1) is 0 Å². The standard InChI is InChI=1S/C13H18BrN3O2S2/c1-2-15-13(20)16-7-9-17(10-8-16)21(18,19)12-5-3-11(14)4-6-12/h3-6H,2,7-10H2,1H3,(H,15,20). The fourth-order valence-electron chi connectivity index (χ4n) is 2.15. The topological polar surface area (TPSA) is 52.6 Å². The van der Waals surface area contributed by atoms with Crippen molar-refractivity contribution >= 4 is 43.3 Å². The summed E-state index contributed by atoms with van der Waals surface area (Å²) < 4.78 is 27.5. The number of thiocarbonyl (C=S) groups is 1. The van der Waals surface area contributed by atoms with Gasteiger partial charge in [-0.1, -0.05) is 15.9 Å². The third-order valence-electron chi connectivity index (χ3n) is 3.31. The van der Waals surface area contributed by atoms with Crippen molar-refractivity contribution < 1.29 is 8.42 Å². The minimum Gasteiger partial charge on any atom is -0.363 e. The van der Waals surface area contributed by atoms with Crippen LogP contribution in [0.1, 0.15) is 6.92 Å². The molecule has 0 aromatic heterocycles. The number of piperazine rings is 1. The van der Waals surface area contributed by atoms with Crippen LogP contribution in [0.4, 0.5) is 0 Å². The number of nitrogens with one attached hydrogen (secondary N) is 1. The molecule has 1 fully saturated rings. The molecule has 1 aromatic carbocycles. The molecule has 0 atom stereocenters. The molecule has 1 aliphatic heterocycles. The third-order valence-corrected chi connectivity index (χ3v) is 6.15. The summed E-state index contributed by atoms with van der Waals surface area (Å²) in [6.45, 7) is 4.88. The van der Waals surface area contributed by atoms with Crippen molar-refractivity contribution in [3.63, 3.8) is 0 Å². The van der Waals surface area contributed by atoms with E-state index in [1.807, 2.05) is 11.8 Å². The lowest BCUT2D eigenvalue weighted by atomic mass is 10.4. The average molecular weight is 392 g/mol. The highest BCUT2D eigenvalue weighted by atomic mass is 79.9. The largest absolute Gasteiger partial charge is 0.363 e. The quantitative estimate of drug-likeness (QED) is 0.793. The Kier molecular flexibility index (Phi) is 5.59. The van der Waals surface area contributed by atoms with Crippen LogP contribution in [0.2, 0.25) is 0 Å². The second-order valence-electron chi connectivity index (χ2n) is 4.68. The molecule has 1 heterocycles. The zero-order valence-electron chi connectivity index (χ0n) is 11.8. The first-order valence-corrected chi connectivity index (χ1v) is 9.37. The predicted octanol–water partition coefficient (Wildman–Crippen LogP) is 1.65. The van der Waals surface area contributed by atoms with Gasteiger partial charge in [0.05, 0.1) is 4.90 Å². The van der Waals surface area contributed by atoms with Crippen molar-refractivity contribution in [3.8, 4) is 0 Å². The maximum Gasteiger partial charge on any atom is 0.243 e. The number of benzene rings is 1. The molecule has 0 aliphatic carbocycles. The van der Waals surface area contributed by atoms with Gasteiger partial charge in [-0.25, -0.2) is 8.42 Å². The molecule has 0 bridgehead atoms. The Morgan fingerprint density at radius 2 is 1.81 bits per heavy atom. The minimum absolute atomic E-state index is 0.327. The van der Waals surface area contributed by atoms with Crippen LogP contribution in [0, 0.1) is 0 Å². The third kappa shape index (κ3) is 3.94. The predicted molar refractivity (Wildman–Crippen MR) is 90.7 cm³/mol. The van der Waals surface area contributed by atoms with Crippen molar-refractivity contribution in [1.29, 1.82) is 0 Å². The molecule has 0 spiro atoms. The summed E-state index contributed by atoms with van der Waals surface area (Å²) in [7, 11) is -3.42. The molecular weight excluding hydrogens is 374 g/mol. The van der Waals surface area contributed by atoms with Crippen molar-refractivity contribution in [3.05, 3.63) is 28.7 Å². The van der Waals surface area contributed by atoms with E-state index in [4.69, 9.17) is 12.2 Å². The van der Waals surface area contributed by atoms with Gasteiger partial charge in [0.25, 0.3) is 0 Å². The molecule has 8 heteroatoms. The number of rotatable bonds is 3. The van der Waals surface area contributed by atoms with Crippen molar-refractivity contribution in [2.45, 2.75) is 11.8 Å². The van der Waals surface area contributed by atoms with E-state index in [-0.39, 0.29) is 0 Å². The highest BCUT2D eigenvalue weighted by Crippen LogP contribution is 2.20. The van der Waals surface area contributed by atoms with Crippen LogP contribution in [0.15, 0.2) is 33.6 Å². The first-order valence-electron chi connectivity index (χ1n) is 6.73. The Hall–Kier alpha value is -0.700. The van der Waals surface area contributed by atoms with Crippen LogP contribution >= 0.6 is 28.1 Å². The van der Waals surface area contributed by atoms with Crippen molar-refractivity contribution in [2.24, 2.45) is 0 Å². The van der Waals surface area contributed by atoms with E-state index in [0.29, 0.717) is 36.2 Å². The van der Waals surface area contributed by atoms with Gasteiger partial charge in [-0.2, -0.15) is 4.31 Å². The molecule has 116 valence electrons.